The molecule has 0 fully saturated rings. The third-order valence-electron chi connectivity index (χ3n) is 4.41. The van der Waals surface area contributed by atoms with Crippen molar-refractivity contribution in [3.05, 3.63) is 58.7 Å². The standard InChI is InChI=1S/C19H18F3N3O2/c1-10-4-6-13(7-5-10)16-14(19(20,21)22)8-9-15(23-16)24-25-17(26)11(2)12(3)18(25)27/h4-9,26-27H,1-3H3,(H,23,24). The van der Waals surface area contributed by atoms with Crippen molar-refractivity contribution < 1.29 is 23.4 Å². The molecule has 0 saturated heterocycles. The summed E-state index contributed by atoms with van der Waals surface area (Å²) < 4.78 is 41.2. The van der Waals surface area contributed by atoms with Gasteiger partial charge >= 0.3 is 6.18 Å². The topological polar surface area (TPSA) is 70.3 Å². The van der Waals surface area contributed by atoms with Crippen LogP contribution in [0.5, 0.6) is 11.8 Å². The van der Waals surface area contributed by atoms with Gasteiger partial charge in [-0.15, -0.1) is 0 Å². The Morgan fingerprint density at radius 1 is 0.889 bits per heavy atom. The predicted molar refractivity (Wildman–Crippen MR) is 95.7 cm³/mol. The summed E-state index contributed by atoms with van der Waals surface area (Å²) in [7, 11) is 0. The minimum absolute atomic E-state index is 0.0409. The number of benzene rings is 1. The molecule has 3 N–H and O–H groups in total. The summed E-state index contributed by atoms with van der Waals surface area (Å²) in [4.78, 5) is 4.08. The summed E-state index contributed by atoms with van der Waals surface area (Å²) in [6, 6.07) is 8.60. The van der Waals surface area contributed by atoms with Crippen LogP contribution in [0.2, 0.25) is 0 Å². The highest BCUT2D eigenvalue weighted by Crippen LogP contribution is 2.37. The van der Waals surface area contributed by atoms with Crippen molar-refractivity contribution >= 4 is 5.82 Å². The summed E-state index contributed by atoms with van der Waals surface area (Å²) in [5.74, 6) is -0.452. The molecule has 5 nitrogen and oxygen atoms in total. The van der Waals surface area contributed by atoms with Crippen LogP contribution in [0.3, 0.4) is 0 Å². The van der Waals surface area contributed by atoms with E-state index >= 15 is 0 Å². The zero-order valence-electron chi connectivity index (χ0n) is 14.9. The Morgan fingerprint density at radius 3 is 1.96 bits per heavy atom. The molecule has 142 valence electrons. The van der Waals surface area contributed by atoms with Gasteiger partial charge in [-0.1, -0.05) is 29.8 Å². The minimum atomic E-state index is -4.57. The Kier molecular flexibility index (Phi) is 4.51. The van der Waals surface area contributed by atoms with Crippen molar-refractivity contribution in [3.63, 3.8) is 0 Å². The lowest BCUT2D eigenvalue weighted by atomic mass is 10.0. The molecule has 0 atom stereocenters. The van der Waals surface area contributed by atoms with E-state index in [0.717, 1.165) is 22.4 Å². The molecule has 8 heteroatoms. The fourth-order valence-corrected chi connectivity index (χ4v) is 2.67. The number of aromatic hydroxyl groups is 2. The van der Waals surface area contributed by atoms with E-state index in [-0.39, 0.29) is 23.3 Å². The molecule has 0 amide bonds. The molecule has 0 aliphatic carbocycles. The van der Waals surface area contributed by atoms with Crippen molar-refractivity contribution in [2.75, 3.05) is 5.43 Å². The molecule has 2 aromatic heterocycles. The molecule has 0 spiro atoms. The molecule has 0 radical (unpaired) electrons. The normalized spacial score (nSPS) is 11.6. The number of hydrogen-bond acceptors (Lipinski definition) is 4. The molecule has 3 rings (SSSR count). The maximum Gasteiger partial charge on any atom is 0.418 e. The van der Waals surface area contributed by atoms with Crippen LogP contribution in [-0.2, 0) is 6.18 Å². The third-order valence-corrected chi connectivity index (χ3v) is 4.41. The number of nitrogens with one attached hydrogen (secondary N) is 1. The quantitative estimate of drug-likeness (QED) is 0.614. The van der Waals surface area contributed by atoms with Crippen molar-refractivity contribution in [3.8, 4) is 23.0 Å². The van der Waals surface area contributed by atoms with E-state index in [1.165, 1.54) is 0 Å². The first kappa shape index (κ1) is 18.6. The number of aryl methyl sites for hydroxylation is 1. The van der Waals surface area contributed by atoms with E-state index in [0.29, 0.717) is 16.7 Å². The van der Waals surface area contributed by atoms with Crippen molar-refractivity contribution in [2.45, 2.75) is 26.9 Å². The number of pyridine rings is 1. The average molecular weight is 377 g/mol. The Bertz CT molecular complexity index is 967. The van der Waals surface area contributed by atoms with Gasteiger partial charge in [-0.2, -0.15) is 17.8 Å². The summed E-state index contributed by atoms with van der Waals surface area (Å²) in [6.07, 6.45) is -4.57. The Balaban J connectivity index is 2.10. The molecule has 1 aromatic carbocycles. The molecule has 0 saturated carbocycles. The number of hydrogen-bond donors (Lipinski definition) is 3. The smallest absolute Gasteiger partial charge is 0.418 e. The zero-order chi connectivity index (χ0) is 19.9. The Labute approximate surface area is 153 Å². The van der Waals surface area contributed by atoms with Gasteiger partial charge in [-0.05, 0) is 32.9 Å². The molecule has 0 bridgehead atoms. The first-order valence-corrected chi connectivity index (χ1v) is 8.11. The first-order chi connectivity index (χ1) is 12.6. The number of halogens is 3. The molecule has 0 aliphatic heterocycles. The van der Waals surface area contributed by atoms with Crippen LogP contribution in [-0.4, -0.2) is 19.9 Å². The van der Waals surface area contributed by atoms with Gasteiger partial charge in [0.1, 0.15) is 5.82 Å². The fraction of sp³-hybridized carbons (Fsp3) is 0.211. The van der Waals surface area contributed by atoms with E-state index in [4.69, 9.17) is 0 Å². The van der Waals surface area contributed by atoms with Crippen LogP contribution < -0.4 is 5.43 Å². The van der Waals surface area contributed by atoms with E-state index in [1.54, 1.807) is 38.1 Å². The van der Waals surface area contributed by atoms with Gasteiger partial charge in [0.15, 0.2) is 0 Å². The van der Waals surface area contributed by atoms with Gasteiger partial charge in [0.2, 0.25) is 11.8 Å². The first-order valence-electron chi connectivity index (χ1n) is 8.11. The Morgan fingerprint density at radius 2 is 1.44 bits per heavy atom. The van der Waals surface area contributed by atoms with E-state index < -0.39 is 11.7 Å². The number of anilines is 1. The lowest BCUT2D eigenvalue weighted by Gasteiger charge is -2.15. The zero-order valence-corrected chi connectivity index (χ0v) is 14.9. The van der Waals surface area contributed by atoms with Crippen molar-refractivity contribution in [2.24, 2.45) is 0 Å². The van der Waals surface area contributed by atoms with Gasteiger partial charge in [-0.3, -0.25) is 5.43 Å². The highest BCUT2D eigenvalue weighted by atomic mass is 19.4. The van der Waals surface area contributed by atoms with E-state index in [1.807, 2.05) is 6.92 Å². The number of rotatable bonds is 3. The third kappa shape index (κ3) is 3.42. The number of nitrogens with zero attached hydrogens (tertiary/aromatic N) is 2. The summed E-state index contributed by atoms with van der Waals surface area (Å²) in [5.41, 5.74) is 3.65. The molecule has 2 heterocycles. The van der Waals surface area contributed by atoms with Crippen LogP contribution in [0.25, 0.3) is 11.3 Å². The lowest BCUT2D eigenvalue weighted by Crippen LogP contribution is -2.13. The van der Waals surface area contributed by atoms with Crippen LogP contribution in [0, 0.1) is 20.8 Å². The van der Waals surface area contributed by atoms with Gasteiger partial charge in [-0.25, -0.2) is 4.98 Å². The second kappa shape index (κ2) is 6.53. The van der Waals surface area contributed by atoms with Crippen LogP contribution >= 0.6 is 0 Å². The highest BCUT2D eigenvalue weighted by molar-refractivity contribution is 5.66. The van der Waals surface area contributed by atoms with Crippen LogP contribution in [0.15, 0.2) is 36.4 Å². The molecule has 3 aromatic rings. The SMILES string of the molecule is Cc1ccc(-c2nc(Nn3c(O)c(C)c(C)c3O)ccc2C(F)(F)F)cc1. The number of aromatic nitrogens is 2. The minimum Gasteiger partial charge on any atom is -0.493 e. The lowest BCUT2D eigenvalue weighted by molar-refractivity contribution is -0.137. The van der Waals surface area contributed by atoms with E-state index in [9.17, 15) is 23.4 Å². The van der Waals surface area contributed by atoms with Gasteiger partial charge < -0.3 is 10.2 Å². The molecule has 27 heavy (non-hydrogen) atoms. The molecular weight excluding hydrogens is 359 g/mol. The molecule has 0 aliphatic rings. The highest BCUT2D eigenvalue weighted by Gasteiger charge is 2.34. The van der Waals surface area contributed by atoms with Crippen molar-refractivity contribution in [1.29, 1.82) is 0 Å². The van der Waals surface area contributed by atoms with Crippen LogP contribution in [0.4, 0.5) is 19.0 Å². The molecule has 0 unspecified atom stereocenters. The van der Waals surface area contributed by atoms with Crippen LogP contribution in [0.1, 0.15) is 22.3 Å². The summed E-state index contributed by atoms with van der Waals surface area (Å²) in [6.45, 7) is 5.06. The van der Waals surface area contributed by atoms with Gasteiger partial charge in [0.25, 0.3) is 0 Å². The second-order valence-electron chi connectivity index (χ2n) is 6.30. The van der Waals surface area contributed by atoms with Gasteiger partial charge in [0, 0.05) is 16.7 Å². The summed E-state index contributed by atoms with van der Waals surface area (Å²) >= 11 is 0. The Hall–Kier alpha value is -3.16. The largest absolute Gasteiger partial charge is 0.493 e. The molecular formula is C19H18F3N3O2. The maximum atomic E-state index is 13.4. The van der Waals surface area contributed by atoms with Gasteiger partial charge in [0.05, 0.1) is 11.3 Å². The second-order valence-corrected chi connectivity index (χ2v) is 6.30. The fourth-order valence-electron chi connectivity index (χ4n) is 2.67. The summed E-state index contributed by atoms with van der Waals surface area (Å²) in [5, 5.41) is 20.2. The van der Waals surface area contributed by atoms with Crippen molar-refractivity contribution in [1.82, 2.24) is 9.66 Å². The number of alkyl halides is 3. The van der Waals surface area contributed by atoms with E-state index in [2.05, 4.69) is 10.4 Å². The predicted octanol–water partition coefficient (Wildman–Crippen LogP) is 4.78. The monoisotopic (exact) mass is 377 g/mol. The maximum absolute atomic E-state index is 13.4. The average Bonchev–Trinajstić information content (AvgIpc) is 2.79.